The number of ether oxygens (including phenoxy) is 1. The minimum atomic E-state index is -0.836. The highest BCUT2D eigenvalue weighted by atomic mass is 16.6. The van der Waals surface area contributed by atoms with Crippen molar-refractivity contribution in [3.63, 3.8) is 0 Å². The maximum absolute atomic E-state index is 12.6. The SMILES string of the molecule is CCOC(=O)C(Nc1cc(N2CCN(C)CC2)ccc1[N+](=O)[O-])c1ccccc1. The van der Waals surface area contributed by atoms with Gasteiger partial charge in [-0.15, -0.1) is 0 Å². The normalized spacial score (nSPS) is 15.6. The molecule has 0 aliphatic carbocycles. The quantitative estimate of drug-likeness (QED) is 0.436. The molecule has 0 saturated carbocycles. The fourth-order valence-electron chi connectivity index (χ4n) is 3.37. The summed E-state index contributed by atoms with van der Waals surface area (Å²) in [7, 11) is 2.07. The standard InChI is InChI=1S/C21H26N4O4/c1-3-29-21(26)20(16-7-5-4-6-8-16)22-18-15-17(9-10-19(18)25(27)28)24-13-11-23(2)12-14-24/h4-10,15,20,22H,3,11-14H2,1-2H3. The summed E-state index contributed by atoms with van der Waals surface area (Å²) < 4.78 is 5.20. The minimum absolute atomic E-state index is 0.0758. The van der Waals surface area contributed by atoms with E-state index < -0.39 is 16.9 Å². The van der Waals surface area contributed by atoms with E-state index in [2.05, 4.69) is 22.2 Å². The van der Waals surface area contributed by atoms with Gasteiger partial charge in [-0.3, -0.25) is 10.1 Å². The van der Waals surface area contributed by atoms with Crippen molar-refractivity contribution in [3.8, 4) is 0 Å². The summed E-state index contributed by atoms with van der Waals surface area (Å²) in [6.07, 6.45) is 0. The number of carbonyl (C=O) groups excluding carboxylic acids is 1. The molecule has 154 valence electrons. The Labute approximate surface area is 170 Å². The first-order chi connectivity index (χ1) is 14.0. The van der Waals surface area contributed by atoms with Crippen LogP contribution in [0.15, 0.2) is 48.5 Å². The second-order valence-corrected chi connectivity index (χ2v) is 6.99. The molecule has 1 fully saturated rings. The molecule has 1 aliphatic rings. The molecular weight excluding hydrogens is 372 g/mol. The highest BCUT2D eigenvalue weighted by molar-refractivity contribution is 5.83. The van der Waals surface area contributed by atoms with Crippen molar-refractivity contribution in [2.75, 3.05) is 50.1 Å². The van der Waals surface area contributed by atoms with Crippen LogP contribution < -0.4 is 10.2 Å². The molecule has 0 radical (unpaired) electrons. The Balaban J connectivity index is 1.94. The fourth-order valence-corrected chi connectivity index (χ4v) is 3.37. The summed E-state index contributed by atoms with van der Waals surface area (Å²) in [6, 6.07) is 13.2. The van der Waals surface area contributed by atoms with Gasteiger partial charge in [0.05, 0.1) is 11.5 Å². The first kappa shape index (κ1) is 20.6. The second-order valence-electron chi connectivity index (χ2n) is 6.99. The fraction of sp³-hybridized carbons (Fsp3) is 0.381. The van der Waals surface area contributed by atoms with E-state index in [1.807, 2.05) is 18.2 Å². The van der Waals surface area contributed by atoms with Crippen LogP contribution in [0.4, 0.5) is 17.1 Å². The number of likely N-dealkylation sites (N-methyl/N-ethyl adjacent to an activating group) is 1. The Morgan fingerprint density at radius 2 is 1.86 bits per heavy atom. The largest absolute Gasteiger partial charge is 0.464 e. The molecule has 0 spiro atoms. The van der Waals surface area contributed by atoms with Crippen molar-refractivity contribution in [1.29, 1.82) is 0 Å². The van der Waals surface area contributed by atoms with Gasteiger partial charge in [-0.25, -0.2) is 4.79 Å². The molecule has 0 aromatic heterocycles. The molecule has 2 aromatic carbocycles. The molecule has 1 heterocycles. The van der Waals surface area contributed by atoms with Crippen molar-refractivity contribution in [2.24, 2.45) is 0 Å². The number of hydrogen-bond donors (Lipinski definition) is 1. The van der Waals surface area contributed by atoms with Crippen molar-refractivity contribution < 1.29 is 14.5 Å². The van der Waals surface area contributed by atoms with Crippen LogP contribution in [0, 0.1) is 10.1 Å². The lowest BCUT2D eigenvalue weighted by Crippen LogP contribution is -2.44. The maximum atomic E-state index is 12.6. The zero-order valence-corrected chi connectivity index (χ0v) is 16.7. The number of nitro benzene ring substituents is 1. The number of benzene rings is 2. The zero-order valence-electron chi connectivity index (χ0n) is 16.7. The van der Waals surface area contributed by atoms with Crippen LogP contribution in [0.2, 0.25) is 0 Å². The molecule has 0 bridgehead atoms. The van der Waals surface area contributed by atoms with Crippen LogP contribution >= 0.6 is 0 Å². The van der Waals surface area contributed by atoms with Crippen LogP contribution in [-0.2, 0) is 9.53 Å². The van der Waals surface area contributed by atoms with Gasteiger partial charge in [0, 0.05) is 37.9 Å². The molecule has 2 aromatic rings. The van der Waals surface area contributed by atoms with Crippen molar-refractivity contribution in [3.05, 3.63) is 64.2 Å². The average Bonchev–Trinajstić information content (AvgIpc) is 2.73. The van der Waals surface area contributed by atoms with E-state index >= 15 is 0 Å². The van der Waals surface area contributed by atoms with Crippen LogP contribution in [0.3, 0.4) is 0 Å². The molecule has 1 aliphatic heterocycles. The summed E-state index contributed by atoms with van der Waals surface area (Å²) in [5.74, 6) is -0.474. The number of nitrogens with zero attached hydrogens (tertiary/aromatic N) is 3. The Morgan fingerprint density at radius 3 is 2.48 bits per heavy atom. The number of anilines is 2. The summed E-state index contributed by atoms with van der Waals surface area (Å²) in [4.78, 5) is 28.2. The van der Waals surface area contributed by atoms with E-state index in [1.54, 1.807) is 31.2 Å². The van der Waals surface area contributed by atoms with E-state index in [9.17, 15) is 14.9 Å². The third kappa shape index (κ3) is 5.03. The molecule has 8 nitrogen and oxygen atoms in total. The van der Waals surface area contributed by atoms with Gasteiger partial charge in [-0.05, 0) is 31.7 Å². The van der Waals surface area contributed by atoms with Gasteiger partial charge in [-0.2, -0.15) is 0 Å². The number of carbonyl (C=O) groups is 1. The van der Waals surface area contributed by atoms with E-state index in [4.69, 9.17) is 4.74 Å². The lowest BCUT2D eigenvalue weighted by Gasteiger charge is -2.34. The third-order valence-electron chi connectivity index (χ3n) is 5.00. The summed E-state index contributed by atoms with van der Waals surface area (Å²) >= 11 is 0. The van der Waals surface area contributed by atoms with Crippen molar-refractivity contribution >= 4 is 23.0 Å². The first-order valence-corrected chi connectivity index (χ1v) is 9.69. The zero-order chi connectivity index (χ0) is 20.8. The van der Waals surface area contributed by atoms with E-state index in [0.29, 0.717) is 11.3 Å². The molecular formula is C21H26N4O4. The highest BCUT2D eigenvalue weighted by Gasteiger charge is 2.26. The van der Waals surface area contributed by atoms with Gasteiger partial charge < -0.3 is 19.9 Å². The molecule has 1 atom stereocenters. The monoisotopic (exact) mass is 398 g/mol. The smallest absolute Gasteiger partial charge is 0.333 e. The number of esters is 1. The Kier molecular flexibility index (Phi) is 6.66. The van der Waals surface area contributed by atoms with E-state index in [-0.39, 0.29) is 12.3 Å². The van der Waals surface area contributed by atoms with Crippen molar-refractivity contribution in [2.45, 2.75) is 13.0 Å². The highest BCUT2D eigenvalue weighted by Crippen LogP contribution is 2.33. The van der Waals surface area contributed by atoms with Gasteiger partial charge in [0.15, 0.2) is 6.04 Å². The Hall–Kier alpha value is -3.13. The third-order valence-corrected chi connectivity index (χ3v) is 5.00. The average molecular weight is 398 g/mol. The van der Waals surface area contributed by atoms with Gasteiger partial charge >= 0.3 is 5.97 Å². The summed E-state index contributed by atoms with van der Waals surface area (Å²) in [5.41, 5.74) is 1.80. The molecule has 3 rings (SSSR count). The second kappa shape index (κ2) is 9.38. The summed E-state index contributed by atoms with van der Waals surface area (Å²) in [6.45, 7) is 5.50. The van der Waals surface area contributed by atoms with Crippen LogP contribution in [0.25, 0.3) is 0 Å². The van der Waals surface area contributed by atoms with Crippen LogP contribution in [0.5, 0.6) is 0 Å². The molecule has 1 N–H and O–H groups in total. The predicted octanol–water partition coefficient (Wildman–Crippen LogP) is 3.06. The number of nitro groups is 1. The van der Waals surface area contributed by atoms with Crippen molar-refractivity contribution in [1.82, 2.24) is 4.90 Å². The maximum Gasteiger partial charge on any atom is 0.333 e. The van der Waals surface area contributed by atoms with Gasteiger partial charge in [0.25, 0.3) is 5.69 Å². The predicted molar refractivity (Wildman–Crippen MR) is 112 cm³/mol. The first-order valence-electron chi connectivity index (χ1n) is 9.69. The molecule has 0 amide bonds. The molecule has 8 heteroatoms. The topological polar surface area (TPSA) is 88.0 Å². The Bertz CT molecular complexity index is 851. The molecule has 1 saturated heterocycles. The number of piperazine rings is 1. The minimum Gasteiger partial charge on any atom is -0.464 e. The van der Waals surface area contributed by atoms with E-state index in [0.717, 1.165) is 31.9 Å². The van der Waals surface area contributed by atoms with E-state index in [1.165, 1.54) is 6.07 Å². The van der Waals surface area contributed by atoms with Gasteiger partial charge in [0.1, 0.15) is 5.69 Å². The van der Waals surface area contributed by atoms with Crippen LogP contribution in [0.1, 0.15) is 18.5 Å². The lowest BCUT2D eigenvalue weighted by molar-refractivity contribution is -0.384. The van der Waals surface area contributed by atoms with Gasteiger partial charge in [-0.1, -0.05) is 30.3 Å². The van der Waals surface area contributed by atoms with Crippen LogP contribution in [-0.4, -0.2) is 55.6 Å². The Morgan fingerprint density at radius 1 is 1.17 bits per heavy atom. The number of hydrogen-bond acceptors (Lipinski definition) is 7. The number of rotatable bonds is 7. The summed E-state index contributed by atoms with van der Waals surface area (Å²) in [5, 5.41) is 14.7. The number of nitrogens with one attached hydrogen (secondary N) is 1. The lowest BCUT2D eigenvalue weighted by atomic mass is 10.1. The molecule has 29 heavy (non-hydrogen) atoms. The molecule has 1 unspecified atom stereocenters. The van der Waals surface area contributed by atoms with Gasteiger partial charge in [0.2, 0.25) is 0 Å².